The van der Waals surface area contributed by atoms with Crippen LogP contribution in [0.25, 0.3) is 11.3 Å². The molecular formula is C16H21N3O. The zero-order valence-electron chi connectivity index (χ0n) is 12.3. The largest absolute Gasteiger partial charge is 0.496 e. The van der Waals surface area contributed by atoms with Gasteiger partial charge in [-0.25, -0.2) is 9.97 Å². The van der Waals surface area contributed by atoms with Crippen LogP contribution in [0.4, 0.5) is 0 Å². The second kappa shape index (κ2) is 6.48. The first-order valence-corrected chi connectivity index (χ1v) is 6.89. The summed E-state index contributed by atoms with van der Waals surface area (Å²) in [4.78, 5) is 9.00. The zero-order chi connectivity index (χ0) is 14.5. The third kappa shape index (κ3) is 3.14. The summed E-state index contributed by atoms with van der Waals surface area (Å²) in [6, 6.07) is 8.16. The number of aromatic nitrogens is 2. The van der Waals surface area contributed by atoms with Crippen LogP contribution >= 0.6 is 0 Å². The molecule has 2 aromatic rings. The fourth-order valence-electron chi connectivity index (χ4n) is 2.23. The first-order chi connectivity index (χ1) is 9.67. The summed E-state index contributed by atoms with van der Waals surface area (Å²) in [5, 5.41) is 0. The summed E-state index contributed by atoms with van der Waals surface area (Å²) < 4.78 is 5.36. The van der Waals surface area contributed by atoms with Crippen LogP contribution in [-0.4, -0.2) is 23.6 Å². The van der Waals surface area contributed by atoms with Gasteiger partial charge in [-0.3, -0.25) is 0 Å². The highest BCUT2D eigenvalue weighted by Crippen LogP contribution is 2.26. The van der Waals surface area contributed by atoms with Gasteiger partial charge in [0, 0.05) is 17.7 Å². The standard InChI is InChI=1S/C16H21N3O/c1-4-12-10-13(5-6-15(12)20-3)14-9-11(2)18-16(19-14)7-8-17/h5-6,9-10H,4,7-8,17H2,1-3H3. The maximum Gasteiger partial charge on any atom is 0.130 e. The molecule has 0 unspecified atom stereocenters. The molecular weight excluding hydrogens is 250 g/mol. The molecule has 0 amide bonds. The van der Waals surface area contributed by atoms with E-state index in [1.54, 1.807) is 7.11 Å². The van der Waals surface area contributed by atoms with Gasteiger partial charge >= 0.3 is 0 Å². The lowest BCUT2D eigenvalue weighted by molar-refractivity contribution is 0.410. The third-order valence-corrected chi connectivity index (χ3v) is 3.23. The number of aryl methyl sites for hydroxylation is 2. The van der Waals surface area contributed by atoms with Crippen LogP contribution in [0.5, 0.6) is 5.75 Å². The molecule has 0 saturated heterocycles. The number of hydrogen-bond donors (Lipinski definition) is 1. The Labute approximate surface area is 120 Å². The lowest BCUT2D eigenvalue weighted by Gasteiger charge is -2.10. The minimum absolute atomic E-state index is 0.561. The Hall–Kier alpha value is -1.94. The summed E-state index contributed by atoms with van der Waals surface area (Å²) >= 11 is 0. The van der Waals surface area contributed by atoms with Crippen molar-refractivity contribution in [2.24, 2.45) is 5.73 Å². The van der Waals surface area contributed by atoms with Gasteiger partial charge in [-0.05, 0) is 49.7 Å². The molecule has 4 heteroatoms. The number of ether oxygens (including phenoxy) is 1. The minimum atomic E-state index is 0.561. The summed E-state index contributed by atoms with van der Waals surface area (Å²) in [6.45, 7) is 4.66. The van der Waals surface area contributed by atoms with Crippen LogP contribution in [0.3, 0.4) is 0 Å². The average Bonchev–Trinajstić information content (AvgIpc) is 2.46. The monoisotopic (exact) mass is 271 g/mol. The molecule has 4 nitrogen and oxygen atoms in total. The molecule has 0 spiro atoms. The van der Waals surface area contributed by atoms with Gasteiger partial charge in [0.15, 0.2) is 0 Å². The van der Waals surface area contributed by atoms with E-state index < -0.39 is 0 Å². The molecule has 0 saturated carbocycles. The van der Waals surface area contributed by atoms with Crippen LogP contribution in [0.1, 0.15) is 24.0 Å². The predicted molar refractivity (Wildman–Crippen MR) is 80.9 cm³/mol. The van der Waals surface area contributed by atoms with E-state index in [0.29, 0.717) is 13.0 Å². The van der Waals surface area contributed by atoms with E-state index in [2.05, 4.69) is 23.0 Å². The van der Waals surface area contributed by atoms with Crippen molar-refractivity contribution in [3.63, 3.8) is 0 Å². The number of nitrogens with zero attached hydrogens (tertiary/aromatic N) is 2. The van der Waals surface area contributed by atoms with Crippen LogP contribution in [0.2, 0.25) is 0 Å². The van der Waals surface area contributed by atoms with Gasteiger partial charge in [-0.15, -0.1) is 0 Å². The van der Waals surface area contributed by atoms with Crippen molar-refractivity contribution in [1.82, 2.24) is 9.97 Å². The Morgan fingerprint density at radius 2 is 2.00 bits per heavy atom. The van der Waals surface area contributed by atoms with Crippen LogP contribution in [0, 0.1) is 6.92 Å². The van der Waals surface area contributed by atoms with Gasteiger partial charge in [0.1, 0.15) is 11.6 Å². The van der Waals surface area contributed by atoms with Crippen molar-refractivity contribution in [2.75, 3.05) is 13.7 Å². The molecule has 106 valence electrons. The third-order valence-electron chi connectivity index (χ3n) is 3.23. The fourth-order valence-corrected chi connectivity index (χ4v) is 2.23. The van der Waals surface area contributed by atoms with E-state index in [9.17, 15) is 0 Å². The normalized spacial score (nSPS) is 10.6. The first-order valence-electron chi connectivity index (χ1n) is 6.89. The molecule has 0 atom stereocenters. The molecule has 0 fully saturated rings. The number of methoxy groups -OCH3 is 1. The van der Waals surface area contributed by atoms with Gasteiger partial charge in [0.05, 0.1) is 12.8 Å². The molecule has 1 aromatic carbocycles. The Balaban J connectivity index is 2.45. The lowest BCUT2D eigenvalue weighted by Crippen LogP contribution is -2.07. The number of hydrogen-bond acceptors (Lipinski definition) is 4. The smallest absolute Gasteiger partial charge is 0.130 e. The second-order valence-corrected chi connectivity index (χ2v) is 4.73. The highest BCUT2D eigenvalue weighted by Gasteiger charge is 2.08. The number of rotatable bonds is 5. The van der Waals surface area contributed by atoms with Crippen molar-refractivity contribution >= 4 is 0 Å². The van der Waals surface area contributed by atoms with Crippen molar-refractivity contribution in [2.45, 2.75) is 26.7 Å². The van der Waals surface area contributed by atoms with E-state index in [0.717, 1.165) is 34.9 Å². The molecule has 0 aliphatic heterocycles. The highest BCUT2D eigenvalue weighted by atomic mass is 16.5. The van der Waals surface area contributed by atoms with Crippen molar-refractivity contribution in [3.8, 4) is 17.0 Å². The molecule has 0 radical (unpaired) electrons. The van der Waals surface area contributed by atoms with Gasteiger partial charge in [-0.1, -0.05) is 6.92 Å². The molecule has 0 aliphatic rings. The fraction of sp³-hybridized carbons (Fsp3) is 0.375. The van der Waals surface area contributed by atoms with Crippen molar-refractivity contribution < 1.29 is 4.74 Å². The van der Waals surface area contributed by atoms with Crippen LogP contribution < -0.4 is 10.5 Å². The highest BCUT2D eigenvalue weighted by molar-refractivity contribution is 5.62. The SMILES string of the molecule is CCc1cc(-c2cc(C)nc(CCN)n2)ccc1OC. The zero-order valence-corrected chi connectivity index (χ0v) is 12.3. The average molecular weight is 271 g/mol. The molecule has 20 heavy (non-hydrogen) atoms. The number of nitrogens with two attached hydrogens (primary N) is 1. The van der Waals surface area contributed by atoms with Crippen LogP contribution in [0.15, 0.2) is 24.3 Å². The van der Waals surface area contributed by atoms with E-state index in [4.69, 9.17) is 10.5 Å². The van der Waals surface area contributed by atoms with E-state index in [-0.39, 0.29) is 0 Å². The van der Waals surface area contributed by atoms with Crippen molar-refractivity contribution in [1.29, 1.82) is 0 Å². The Bertz CT molecular complexity index is 596. The molecule has 0 aliphatic carbocycles. The minimum Gasteiger partial charge on any atom is -0.496 e. The molecule has 2 rings (SSSR count). The van der Waals surface area contributed by atoms with Gasteiger partial charge in [-0.2, -0.15) is 0 Å². The van der Waals surface area contributed by atoms with E-state index >= 15 is 0 Å². The van der Waals surface area contributed by atoms with Gasteiger partial charge in [0.25, 0.3) is 0 Å². The Kier molecular flexibility index (Phi) is 4.69. The van der Waals surface area contributed by atoms with Crippen LogP contribution in [-0.2, 0) is 12.8 Å². The van der Waals surface area contributed by atoms with Crippen molar-refractivity contribution in [3.05, 3.63) is 41.3 Å². The molecule has 1 aromatic heterocycles. The lowest BCUT2D eigenvalue weighted by atomic mass is 10.0. The maximum absolute atomic E-state index is 5.59. The van der Waals surface area contributed by atoms with Gasteiger partial charge in [0.2, 0.25) is 0 Å². The summed E-state index contributed by atoms with van der Waals surface area (Å²) in [5.41, 5.74) is 9.77. The summed E-state index contributed by atoms with van der Waals surface area (Å²) in [5.74, 6) is 1.72. The van der Waals surface area contributed by atoms with E-state index in [1.165, 1.54) is 5.56 Å². The topological polar surface area (TPSA) is 61.0 Å². The quantitative estimate of drug-likeness (QED) is 0.907. The second-order valence-electron chi connectivity index (χ2n) is 4.73. The predicted octanol–water partition coefficient (Wildman–Crippen LogP) is 2.52. The Morgan fingerprint density at radius 3 is 2.65 bits per heavy atom. The van der Waals surface area contributed by atoms with Gasteiger partial charge < -0.3 is 10.5 Å². The molecule has 0 bridgehead atoms. The molecule has 1 heterocycles. The summed E-state index contributed by atoms with van der Waals surface area (Å²) in [6.07, 6.45) is 1.63. The first kappa shape index (κ1) is 14.5. The van der Waals surface area contributed by atoms with E-state index in [1.807, 2.05) is 25.1 Å². The molecule has 2 N–H and O–H groups in total. The Morgan fingerprint density at radius 1 is 1.20 bits per heavy atom. The maximum atomic E-state index is 5.59. The number of benzene rings is 1. The summed E-state index contributed by atoms with van der Waals surface area (Å²) in [7, 11) is 1.70.